The number of hydrogen-bond acceptors (Lipinski definition) is 7. The Labute approximate surface area is 253 Å². The van der Waals surface area contributed by atoms with E-state index >= 15 is 0 Å². The van der Waals surface area contributed by atoms with E-state index < -0.39 is 9.85 Å². The molecule has 1 aromatic heterocycles. The van der Waals surface area contributed by atoms with Gasteiger partial charge in [-0.15, -0.1) is 0 Å². The smallest absolute Gasteiger partial charge is 0.278 e. The fraction of sp³-hybridized carbons (Fsp3) is 0.182. The maximum Gasteiger partial charge on any atom is 0.310 e. The molecule has 0 spiro atoms. The standard InChI is InChI=1S/C33H29N7O4/c41-39(42)29-20-16-24(17-21-29)31(35-34-26-10-4-1-5-11-26)33-37(27-12-6-2-7-13-27)32(25-18-22-30(23-19-25)40(43)44)36-38(33)28-14-8-3-9-15-28/h1,3-5,8-11,14-23,27H,2,6-7,12-13H2/p+1. The van der Waals surface area contributed by atoms with E-state index in [1.165, 1.54) is 24.3 Å². The molecule has 6 rings (SSSR count). The van der Waals surface area contributed by atoms with Crippen LogP contribution >= 0.6 is 0 Å². The van der Waals surface area contributed by atoms with Gasteiger partial charge in [0, 0.05) is 29.8 Å². The third kappa shape index (κ3) is 5.93. The molecule has 1 N–H and O–H groups in total. The monoisotopic (exact) mass is 588 g/mol. The fourth-order valence-corrected chi connectivity index (χ4v) is 5.59. The van der Waals surface area contributed by atoms with Crippen molar-refractivity contribution in [2.45, 2.75) is 38.1 Å². The van der Waals surface area contributed by atoms with Crippen molar-refractivity contribution >= 4 is 22.8 Å². The zero-order valence-corrected chi connectivity index (χ0v) is 23.8. The highest BCUT2D eigenvalue weighted by molar-refractivity contribution is 6.10. The first-order valence-electron chi connectivity index (χ1n) is 14.5. The molecule has 5 aromatic rings. The number of nitro groups is 2. The van der Waals surface area contributed by atoms with Crippen molar-refractivity contribution in [3.63, 3.8) is 0 Å². The van der Waals surface area contributed by atoms with Crippen LogP contribution in [0.15, 0.2) is 114 Å². The van der Waals surface area contributed by atoms with Crippen LogP contribution in [0.25, 0.3) is 17.1 Å². The van der Waals surface area contributed by atoms with Gasteiger partial charge in [0.1, 0.15) is 5.69 Å². The Balaban J connectivity index is 1.63. The third-order valence-electron chi connectivity index (χ3n) is 7.76. The van der Waals surface area contributed by atoms with E-state index in [9.17, 15) is 20.2 Å². The Morgan fingerprint density at radius 2 is 1.34 bits per heavy atom. The zero-order chi connectivity index (χ0) is 30.5. The number of hydrogen-bond donors (Lipinski definition) is 1. The number of para-hydroxylation sites is 2. The lowest BCUT2D eigenvalue weighted by molar-refractivity contribution is -0.717. The van der Waals surface area contributed by atoms with Crippen molar-refractivity contribution in [1.29, 1.82) is 0 Å². The lowest BCUT2D eigenvalue weighted by atomic mass is 9.94. The molecule has 0 atom stereocenters. The normalized spacial score (nSPS) is 13.9. The number of non-ortho nitro benzene ring substituents is 2. The second-order valence-electron chi connectivity index (χ2n) is 10.6. The average molecular weight is 589 g/mol. The van der Waals surface area contributed by atoms with Gasteiger partial charge in [0.25, 0.3) is 17.2 Å². The number of nitro benzene ring substituents is 2. The molecule has 0 aliphatic heterocycles. The zero-order valence-electron chi connectivity index (χ0n) is 23.8. The van der Waals surface area contributed by atoms with E-state index in [-0.39, 0.29) is 17.4 Å². The molecular formula is C33H30N7O4+. The van der Waals surface area contributed by atoms with Gasteiger partial charge in [-0.3, -0.25) is 25.7 Å². The molecule has 1 fully saturated rings. The number of aromatic nitrogens is 3. The van der Waals surface area contributed by atoms with Crippen LogP contribution < -0.4 is 9.99 Å². The van der Waals surface area contributed by atoms with Crippen molar-refractivity contribution in [2.75, 3.05) is 5.43 Å². The van der Waals surface area contributed by atoms with E-state index in [1.807, 2.05) is 65.3 Å². The van der Waals surface area contributed by atoms with E-state index in [1.54, 1.807) is 24.3 Å². The first kappa shape index (κ1) is 28.4. The molecule has 0 radical (unpaired) electrons. The number of benzene rings is 4. The molecule has 0 unspecified atom stereocenters. The van der Waals surface area contributed by atoms with Crippen LogP contribution in [0.3, 0.4) is 0 Å². The molecular weight excluding hydrogens is 558 g/mol. The number of rotatable bonds is 9. The third-order valence-corrected chi connectivity index (χ3v) is 7.76. The van der Waals surface area contributed by atoms with E-state index in [0.717, 1.165) is 49.0 Å². The van der Waals surface area contributed by atoms with Gasteiger partial charge in [0.05, 0.1) is 32.2 Å². The minimum atomic E-state index is -0.425. The predicted molar refractivity (Wildman–Crippen MR) is 167 cm³/mol. The van der Waals surface area contributed by atoms with Crippen LogP contribution in [-0.4, -0.2) is 25.3 Å². The first-order chi connectivity index (χ1) is 21.5. The molecule has 11 heteroatoms. The summed E-state index contributed by atoms with van der Waals surface area (Å²) in [4.78, 5) is 22.1. The molecule has 4 aromatic carbocycles. The van der Waals surface area contributed by atoms with Crippen molar-refractivity contribution in [1.82, 2.24) is 9.78 Å². The van der Waals surface area contributed by atoms with Crippen molar-refractivity contribution in [2.24, 2.45) is 5.10 Å². The molecule has 0 amide bonds. The second kappa shape index (κ2) is 12.7. The number of anilines is 1. The molecule has 1 aliphatic carbocycles. The van der Waals surface area contributed by atoms with Crippen LogP contribution in [-0.2, 0) is 0 Å². The van der Waals surface area contributed by atoms with Gasteiger partial charge in [-0.05, 0) is 74.2 Å². The maximum absolute atomic E-state index is 11.5. The summed E-state index contributed by atoms with van der Waals surface area (Å²) in [5.74, 6) is 1.34. The largest absolute Gasteiger partial charge is 0.310 e. The second-order valence-corrected chi connectivity index (χ2v) is 10.6. The molecule has 0 saturated heterocycles. The van der Waals surface area contributed by atoms with Gasteiger partial charge < -0.3 is 0 Å². The SMILES string of the molecule is O=[N+]([O-])c1ccc(/C(=N\Nc2ccccc2)c2n(-c3ccccc3)nc(-c3ccc([N+](=O)[O-])cc3)[n+]2C2CCCCC2)cc1. The minimum Gasteiger partial charge on any atom is -0.278 e. The summed E-state index contributed by atoms with van der Waals surface area (Å²) in [6.45, 7) is 0. The van der Waals surface area contributed by atoms with Crippen molar-refractivity contribution in [3.8, 4) is 17.1 Å². The van der Waals surface area contributed by atoms with Crippen molar-refractivity contribution < 1.29 is 14.4 Å². The Morgan fingerprint density at radius 3 is 1.93 bits per heavy atom. The molecule has 0 bridgehead atoms. The Bertz CT molecular complexity index is 1800. The highest BCUT2D eigenvalue weighted by Gasteiger charge is 2.37. The predicted octanol–water partition coefficient (Wildman–Crippen LogP) is 7.01. The Hall–Kier alpha value is -5.71. The van der Waals surface area contributed by atoms with Crippen LogP contribution in [0.4, 0.5) is 17.1 Å². The quantitative estimate of drug-likeness (QED) is 0.0852. The Morgan fingerprint density at radius 1 is 0.773 bits per heavy atom. The lowest BCUT2D eigenvalue weighted by Gasteiger charge is -2.22. The molecule has 44 heavy (non-hydrogen) atoms. The highest BCUT2D eigenvalue weighted by atomic mass is 16.6. The van der Waals surface area contributed by atoms with E-state index in [0.29, 0.717) is 22.9 Å². The minimum absolute atomic E-state index is 0.000810. The van der Waals surface area contributed by atoms with Gasteiger partial charge in [-0.1, -0.05) is 47.5 Å². The summed E-state index contributed by atoms with van der Waals surface area (Å²) in [5, 5.41) is 33.0. The fourth-order valence-electron chi connectivity index (χ4n) is 5.59. The number of nitrogens with one attached hydrogen (secondary N) is 1. The summed E-state index contributed by atoms with van der Waals surface area (Å²) in [7, 11) is 0. The summed E-state index contributed by atoms with van der Waals surface area (Å²) in [6.07, 6.45) is 5.11. The van der Waals surface area contributed by atoms with Gasteiger partial charge in [0.2, 0.25) is 0 Å². The summed E-state index contributed by atoms with van der Waals surface area (Å²) < 4.78 is 4.04. The van der Waals surface area contributed by atoms with E-state index in [4.69, 9.17) is 10.2 Å². The molecule has 1 heterocycles. The highest BCUT2D eigenvalue weighted by Crippen LogP contribution is 2.30. The molecule has 220 valence electrons. The number of hydrazone groups is 1. The van der Waals surface area contributed by atoms with Gasteiger partial charge >= 0.3 is 5.82 Å². The average Bonchev–Trinajstić information content (AvgIpc) is 3.47. The van der Waals surface area contributed by atoms with E-state index in [2.05, 4.69) is 9.99 Å². The van der Waals surface area contributed by atoms with Gasteiger partial charge in [-0.25, -0.2) is 4.57 Å². The molecule has 1 aliphatic rings. The van der Waals surface area contributed by atoms with Crippen molar-refractivity contribution in [3.05, 3.63) is 141 Å². The summed E-state index contributed by atoms with van der Waals surface area (Å²) >= 11 is 0. The van der Waals surface area contributed by atoms with Crippen LogP contribution in [0.5, 0.6) is 0 Å². The summed E-state index contributed by atoms with van der Waals surface area (Å²) in [5.41, 5.74) is 6.67. The number of nitrogens with zero attached hydrogens (tertiary/aromatic N) is 6. The lowest BCUT2D eigenvalue weighted by Crippen LogP contribution is -2.47. The van der Waals surface area contributed by atoms with Gasteiger partial charge in [0.15, 0.2) is 5.71 Å². The molecule has 1 saturated carbocycles. The van der Waals surface area contributed by atoms with Gasteiger partial charge in [-0.2, -0.15) is 5.10 Å². The van der Waals surface area contributed by atoms with Crippen LogP contribution in [0, 0.1) is 20.2 Å². The van der Waals surface area contributed by atoms with Crippen LogP contribution in [0.2, 0.25) is 0 Å². The first-order valence-corrected chi connectivity index (χ1v) is 14.5. The van der Waals surface area contributed by atoms with Crippen LogP contribution in [0.1, 0.15) is 49.5 Å². The summed E-state index contributed by atoms with van der Waals surface area (Å²) in [6, 6.07) is 32.1. The Kier molecular flexibility index (Phi) is 8.17. The molecule has 11 nitrogen and oxygen atoms in total. The topological polar surface area (TPSA) is 132 Å². The maximum atomic E-state index is 11.5.